The molecule has 2 fully saturated rings. The highest BCUT2D eigenvalue weighted by atomic mass is 16.5. The molecule has 2 aromatic rings. The molecule has 1 N–H and O–H groups in total. The number of benzene rings is 2. The van der Waals surface area contributed by atoms with Gasteiger partial charge in [-0.15, -0.1) is 0 Å². The summed E-state index contributed by atoms with van der Waals surface area (Å²) in [7, 11) is 1.60. The number of ether oxygens (including phenoxy) is 2. The van der Waals surface area contributed by atoms with Crippen molar-refractivity contribution in [2.45, 2.75) is 13.8 Å². The van der Waals surface area contributed by atoms with Crippen molar-refractivity contribution in [3.8, 4) is 5.75 Å². The Morgan fingerprint density at radius 2 is 1.50 bits per heavy atom. The molecule has 4 rings (SSSR count). The lowest BCUT2D eigenvalue weighted by Gasteiger charge is -2.37. The molecule has 3 amide bonds. The Kier molecular flexibility index (Phi) is 8.10. The molecule has 0 atom stereocenters. The molecule has 0 aliphatic carbocycles. The second-order valence-corrected chi connectivity index (χ2v) is 9.29. The standard InChI is InChI=1S/C27H34N4O5/c1-19(2)25(32)28-21-6-9-24(23(18-21)27(34)31-14-16-36-17-15-31)29-10-12-30(13-11-29)26(33)20-4-7-22(35-3)8-5-20/h4-9,18-19H,10-17H2,1-3H3,(H,28,32). The number of morpholine rings is 1. The third kappa shape index (κ3) is 5.79. The molecule has 2 aromatic carbocycles. The van der Waals surface area contributed by atoms with Crippen LogP contribution in [0.5, 0.6) is 5.75 Å². The molecule has 2 saturated heterocycles. The Morgan fingerprint density at radius 1 is 0.861 bits per heavy atom. The summed E-state index contributed by atoms with van der Waals surface area (Å²) in [5, 5.41) is 2.90. The number of nitrogens with one attached hydrogen (secondary N) is 1. The molecule has 9 nitrogen and oxygen atoms in total. The van der Waals surface area contributed by atoms with Crippen molar-refractivity contribution in [1.82, 2.24) is 9.80 Å². The fourth-order valence-electron chi connectivity index (χ4n) is 4.35. The SMILES string of the molecule is COc1ccc(C(=O)N2CCN(c3ccc(NC(=O)C(C)C)cc3C(=O)N3CCOCC3)CC2)cc1. The third-order valence-electron chi connectivity index (χ3n) is 6.56. The second kappa shape index (κ2) is 11.4. The van der Waals surface area contributed by atoms with Crippen LogP contribution in [-0.2, 0) is 9.53 Å². The molecule has 0 unspecified atom stereocenters. The maximum Gasteiger partial charge on any atom is 0.256 e. The first-order chi connectivity index (χ1) is 17.4. The highest BCUT2D eigenvalue weighted by Crippen LogP contribution is 2.28. The van der Waals surface area contributed by atoms with Gasteiger partial charge >= 0.3 is 0 Å². The van der Waals surface area contributed by atoms with Crippen LogP contribution in [0, 0.1) is 5.92 Å². The van der Waals surface area contributed by atoms with Crippen LogP contribution in [0.1, 0.15) is 34.6 Å². The first-order valence-electron chi connectivity index (χ1n) is 12.4. The molecular formula is C27H34N4O5. The van der Waals surface area contributed by atoms with E-state index in [2.05, 4.69) is 10.2 Å². The highest BCUT2D eigenvalue weighted by Gasteiger charge is 2.28. The van der Waals surface area contributed by atoms with Crippen molar-refractivity contribution in [1.29, 1.82) is 0 Å². The minimum Gasteiger partial charge on any atom is -0.497 e. The number of carbonyl (C=O) groups is 3. The normalized spacial score (nSPS) is 16.2. The number of piperazine rings is 1. The van der Waals surface area contributed by atoms with Crippen molar-refractivity contribution in [3.05, 3.63) is 53.6 Å². The predicted octanol–water partition coefficient (Wildman–Crippen LogP) is 2.72. The average Bonchev–Trinajstić information content (AvgIpc) is 2.92. The van der Waals surface area contributed by atoms with E-state index in [1.54, 1.807) is 42.3 Å². The summed E-state index contributed by atoms with van der Waals surface area (Å²) < 4.78 is 10.6. The number of hydrogen-bond acceptors (Lipinski definition) is 6. The van der Waals surface area contributed by atoms with E-state index >= 15 is 0 Å². The van der Waals surface area contributed by atoms with E-state index in [9.17, 15) is 14.4 Å². The van der Waals surface area contributed by atoms with Gasteiger partial charge in [0.25, 0.3) is 11.8 Å². The van der Waals surface area contributed by atoms with E-state index < -0.39 is 0 Å². The maximum atomic E-state index is 13.5. The van der Waals surface area contributed by atoms with E-state index in [1.165, 1.54) is 0 Å². The lowest BCUT2D eigenvalue weighted by Crippen LogP contribution is -2.49. The van der Waals surface area contributed by atoms with Gasteiger partial charge in [0.2, 0.25) is 5.91 Å². The van der Waals surface area contributed by atoms with Gasteiger partial charge in [-0.3, -0.25) is 14.4 Å². The van der Waals surface area contributed by atoms with E-state index in [0.29, 0.717) is 75.0 Å². The summed E-state index contributed by atoms with van der Waals surface area (Å²) in [6.45, 7) is 8.03. The molecule has 0 aromatic heterocycles. The molecule has 0 spiro atoms. The molecule has 2 heterocycles. The van der Waals surface area contributed by atoms with Gasteiger partial charge in [0, 0.05) is 62.1 Å². The Bertz CT molecular complexity index is 1090. The molecule has 9 heteroatoms. The zero-order valence-electron chi connectivity index (χ0n) is 21.2. The lowest BCUT2D eigenvalue weighted by molar-refractivity contribution is -0.118. The van der Waals surface area contributed by atoms with Crippen LogP contribution in [0.3, 0.4) is 0 Å². The minimum atomic E-state index is -0.167. The highest BCUT2D eigenvalue weighted by molar-refractivity contribution is 6.02. The molecular weight excluding hydrogens is 460 g/mol. The van der Waals surface area contributed by atoms with Crippen LogP contribution in [0.15, 0.2) is 42.5 Å². The van der Waals surface area contributed by atoms with E-state index in [4.69, 9.17) is 9.47 Å². The number of rotatable bonds is 6. The smallest absolute Gasteiger partial charge is 0.256 e. The van der Waals surface area contributed by atoms with Crippen LogP contribution in [0.25, 0.3) is 0 Å². The summed E-state index contributed by atoms with van der Waals surface area (Å²) >= 11 is 0. The Labute approximate surface area is 211 Å². The Morgan fingerprint density at radius 3 is 2.11 bits per heavy atom. The number of anilines is 2. The Balaban J connectivity index is 1.51. The number of carbonyl (C=O) groups excluding carboxylic acids is 3. The molecule has 0 saturated carbocycles. The molecule has 2 aliphatic heterocycles. The van der Waals surface area contributed by atoms with Gasteiger partial charge in [-0.25, -0.2) is 0 Å². The van der Waals surface area contributed by atoms with Crippen molar-refractivity contribution < 1.29 is 23.9 Å². The van der Waals surface area contributed by atoms with Gasteiger partial charge in [0.15, 0.2) is 0 Å². The number of hydrogen-bond donors (Lipinski definition) is 1. The van der Waals surface area contributed by atoms with Crippen LogP contribution in [-0.4, -0.2) is 87.1 Å². The number of methoxy groups -OCH3 is 1. The van der Waals surface area contributed by atoms with E-state index in [0.717, 1.165) is 5.69 Å². The fraction of sp³-hybridized carbons (Fsp3) is 0.444. The zero-order chi connectivity index (χ0) is 25.7. The summed E-state index contributed by atoms with van der Waals surface area (Å²) in [6.07, 6.45) is 0. The van der Waals surface area contributed by atoms with Crippen molar-refractivity contribution in [2.75, 3.05) is 69.8 Å². The van der Waals surface area contributed by atoms with E-state index in [-0.39, 0.29) is 23.6 Å². The van der Waals surface area contributed by atoms with Gasteiger partial charge in [-0.05, 0) is 42.5 Å². The van der Waals surface area contributed by atoms with Gasteiger partial charge in [-0.1, -0.05) is 13.8 Å². The fourth-order valence-corrected chi connectivity index (χ4v) is 4.35. The quantitative estimate of drug-likeness (QED) is 0.664. The van der Waals surface area contributed by atoms with Gasteiger partial charge in [-0.2, -0.15) is 0 Å². The lowest BCUT2D eigenvalue weighted by atomic mass is 10.1. The second-order valence-electron chi connectivity index (χ2n) is 9.29. The van der Waals surface area contributed by atoms with Gasteiger partial charge in [0.05, 0.1) is 25.9 Å². The minimum absolute atomic E-state index is 0.0198. The molecule has 192 valence electrons. The Hall–Kier alpha value is -3.59. The zero-order valence-corrected chi connectivity index (χ0v) is 21.2. The average molecular weight is 495 g/mol. The molecule has 2 aliphatic rings. The molecule has 36 heavy (non-hydrogen) atoms. The third-order valence-corrected chi connectivity index (χ3v) is 6.56. The maximum absolute atomic E-state index is 13.5. The monoisotopic (exact) mass is 494 g/mol. The summed E-state index contributed by atoms with van der Waals surface area (Å²) in [4.78, 5) is 44.5. The summed E-state index contributed by atoms with van der Waals surface area (Å²) in [6, 6.07) is 12.6. The van der Waals surface area contributed by atoms with Crippen molar-refractivity contribution in [2.24, 2.45) is 5.92 Å². The number of nitrogens with zero attached hydrogens (tertiary/aromatic N) is 3. The van der Waals surface area contributed by atoms with Crippen LogP contribution in [0.4, 0.5) is 11.4 Å². The first-order valence-corrected chi connectivity index (χ1v) is 12.4. The van der Waals surface area contributed by atoms with Crippen LogP contribution in [0.2, 0.25) is 0 Å². The summed E-state index contributed by atoms with van der Waals surface area (Å²) in [5.41, 5.74) is 2.58. The molecule has 0 radical (unpaired) electrons. The van der Waals surface area contributed by atoms with Crippen molar-refractivity contribution in [3.63, 3.8) is 0 Å². The van der Waals surface area contributed by atoms with Crippen LogP contribution < -0.4 is 15.0 Å². The van der Waals surface area contributed by atoms with Gasteiger partial charge < -0.3 is 29.5 Å². The summed E-state index contributed by atoms with van der Waals surface area (Å²) in [5.74, 6) is 0.346. The van der Waals surface area contributed by atoms with E-state index in [1.807, 2.05) is 30.9 Å². The predicted molar refractivity (Wildman–Crippen MR) is 138 cm³/mol. The molecule has 0 bridgehead atoms. The number of amides is 3. The van der Waals surface area contributed by atoms with Crippen LogP contribution >= 0.6 is 0 Å². The first kappa shape index (κ1) is 25.5. The largest absolute Gasteiger partial charge is 0.497 e. The van der Waals surface area contributed by atoms with Gasteiger partial charge in [0.1, 0.15) is 5.75 Å². The topological polar surface area (TPSA) is 91.4 Å². The van der Waals surface area contributed by atoms with Crippen molar-refractivity contribution >= 4 is 29.1 Å².